The lowest BCUT2D eigenvalue weighted by atomic mass is 10.2. The van der Waals surface area contributed by atoms with Crippen LogP contribution in [0.5, 0.6) is 0 Å². The zero-order valence-electron chi connectivity index (χ0n) is 18.0. The number of hydrogen-bond donors (Lipinski definition) is 3. The number of hydrazone groups is 1. The molecule has 0 aliphatic heterocycles. The number of hydroxylamine groups is 1. The van der Waals surface area contributed by atoms with E-state index in [2.05, 4.69) is 27.3 Å². The lowest BCUT2D eigenvalue weighted by molar-refractivity contribution is -0.127. The quantitative estimate of drug-likeness (QED) is 0.315. The van der Waals surface area contributed by atoms with Crippen molar-refractivity contribution in [2.45, 2.75) is 11.8 Å². The number of amides is 1. The van der Waals surface area contributed by atoms with Crippen molar-refractivity contribution in [3.8, 4) is 0 Å². The highest BCUT2D eigenvalue weighted by molar-refractivity contribution is 7.92. The molecular weight excluding hydrogens is 440 g/mol. The first kappa shape index (κ1) is 23.7. The van der Waals surface area contributed by atoms with Gasteiger partial charge in [-0.1, -0.05) is 72.8 Å². The van der Waals surface area contributed by atoms with Gasteiger partial charge in [0.2, 0.25) is 0 Å². The summed E-state index contributed by atoms with van der Waals surface area (Å²) in [6, 6.07) is 22.6. The van der Waals surface area contributed by atoms with Crippen LogP contribution in [-0.2, 0) is 19.7 Å². The highest BCUT2D eigenvalue weighted by atomic mass is 32.2. The van der Waals surface area contributed by atoms with Crippen molar-refractivity contribution in [2.75, 3.05) is 11.3 Å². The van der Waals surface area contributed by atoms with E-state index in [1.807, 2.05) is 37.3 Å². The second-order valence-corrected chi connectivity index (χ2v) is 8.72. The van der Waals surface area contributed by atoms with Crippen LogP contribution in [0, 0.1) is 6.92 Å². The number of anilines is 1. The predicted octanol–water partition coefficient (Wildman–Crippen LogP) is 3.44. The van der Waals surface area contributed by atoms with Gasteiger partial charge < -0.3 is 0 Å². The monoisotopic (exact) mass is 464 g/mol. The highest BCUT2D eigenvalue weighted by Gasteiger charge is 2.15. The van der Waals surface area contributed by atoms with Gasteiger partial charge in [0.1, 0.15) is 0 Å². The Kier molecular flexibility index (Phi) is 7.96. The zero-order chi connectivity index (χ0) is 23.7. The predicted molar refractivity (Wildman–Crippen MR) is 129 cm³/mol. The Morgan fingerprint density at radius 3 is 2.39 bits per heavy atom. The van der Waals surface area contributed by atoms with E-state index in [0.717, 1.165) is 11.1 Å². The molecule has 0 heterocycles. The Bertz CT molecular complexity index is 1240. The number of nitrogens with zero attached hydrogens (tertiary/aromatic N) is 1. The van der Waals surface area contributed by atoms with E-state index in [-0.39, 0.29) is 11.5 Å². The summed E-state index contributed by atoms with van der Waals surface area (Å²) in [6.07, 6.45) is 1.35. The molecule has 0 aromatic heterocycles. The van der Waals surface area contributed by atoms with Crippen LogP contribution in [0.2, 0.25) is 0 Å². The summed E-state index contributed by atoms with van der Waals surface area (Å²) < 4.78 is 27.9. The second-order valence-electron chi connectivity index (χ2n) is 7.03. The fraction of sp³-hybridized carbons (Fsp3) is 0.0833. The Morgan fingerprint density at radius 1 is 1.00 bits per heavy atom. The molecule has 0 saturated carbocycles. The molecule has 9 heteroatoms. The summed E-state index contributed by atoms with van der Waals surface area (Å²) in [5.41, 5.74) is 8.05. The lowest BCUT2D eigenvalue weighted by Gasteiger charge is -2.11. The number of sulfonamides is 1. The molecule has 0 bridgehead atoms. The van der Waals surface area contributed by atoms with Crippen LogP contribution < -0.4 is 15.6 Å². The largest absolute Gasteiger partial charge is 0.279 e. The molecule has 0 aliphatic carbocycles. The molecule has 0 fully saturated rings. The molecule has 170 valence electrons. The average molecular weight is 465 g/mol. The van der Waals surface area contributed by atoms with Gasteiger partial charge in [0.15, 0.2) is 6.61 Å². The van der Waals surface area contributed by atoms with Crippen molar-refractivity contribution >= 4 is 33.5 Å². The highest BCUT2D eigenvalue weighted by Crippen LogP contribution is 2.19. The van der Waals surface area contributed by atoms with Crippen LogP contribution in [0.4, 0.5) is 5.69 Å². The number of hydrogen-bond acceptors (Lipinski definition) is 6. The molecule has 0 unspecified atom stereocenters. The third-order valence-electron chi connectivity index (χ3n) is 4.45. The van der Waals surface area contributed by atoms with Crippen molar-refractivity contribution in [3.63, 3.8) is 0 Å². The number of nitrogens with one attached hydrogen (secondary N) is 3. The Hall–Kier alpha value is -3.95. The maximum atomic E-state index is 12.7. The fourth-order valence-electron chi connectivity index (χ4n) is 2.72. The first-order chi connectivity index (χ1) is 15.8. The van der Waals surface area contributed by atoms with E-state index in [4.69, 9.17) is 4.84 Å². The minimum Gasteiger partial charge on any atom is -0.279 e. The molecule has 0 atom stereocenters. The van der Waals surface area contributed by atoms with Gasteiger partial charge in [0.25, 0.3) is 15.9 Å². The Morgan fingerprint density at radius 2 is 1.67 bits per heavy atom. The number of benzene rings is 3. The van der Waals surface area contributed by atoms with Crippen molar-refractivity contribution in [1.29, 1.82) is 0 Å². The third-order valence-corrected chi connectivity index (χ3v) is 5.83. The molecule has 3 N–H and O–H groups in total. The van der Waals surface area contributed by atoms with E-state index < -0.39 is 15.9 Å². The van der Waals surface area contributed by atoms with Gasteiger partial charge in [0.05, 0.1) is 22.5 Å². The van der Waals surface area contributed by atoms with E-state index in [0.29, 0.717) is 16.9 Å². The molecule has 3 aromatic rings. The summed E-state index contributed by atoms with van der Waals surface area (Å²) in [4.78, 5) is 17.2. The van der Waals surface area contributed by atoms with Gasteiger partial charge in [-0.15, -0.1) is 0 Å². The number of rotatable bonds is 10. The molecule has 0 radical (unpaired) electrons. The molecule has 0 saturated heterocycles. The maximum Gasteiger partial charge on any atom is 0.268 e. The van der Waals surface area contributed by atoms with Crippen molar-refractivity contribution < 1.29 is 18.0 Å². The fourth-order valence-corrected chi connectivity index (χ4v) is 3.80. The van der Waals surface area contributed by atoms with Gasteiger partial charge in [-0.2, -0.15) is 5.10 Å². The zero-order valence-corrected chi connectivity index (χ0v) is 18.8. The number of carbonyl (C=O) groups excluding carboxylic acids is 1. The van der Waals surface area contributed by atoms with Crippen LogP contribution in [0.3, 0.4) is 0 Å². The molecule has 0 spiro atoms. The Balaban J connectivity index is 1.54. The molecule has 33 heavy (non-hydrogen) atoms. The van der Waals surface area contributed by atoms with E-state index in [1.165, 1.54) is 18.3 Å². The normalized spacial score (nSPS) is 11.2. The minimum absolute atomic E-state index is 0.148. The van der Waals surface area contributed by atoms with E-state index >= 15 is 0 Å². The summed E-state index contributed by atoms with van der Waals surface area (Å²) in [6.45, 7) is 5.41. The number of carbonyl (C=O) groups is 1. The SMILES string of the molecule is C=C(NOCC(=O)NN=Cc1ccccc1NS(=O)(=O)c1ccc(C)cc1)c1ccccc1. The minimum atomic E-state index is -3.77. The van der Waals surface area contributed by atoms with Gasteiger partial charge in [-0.3, -0.25) is 19.8 Å². The lowest BCUT2D eigenvalue weighted by Crippen LogP contribution is -2.26. The second kappa shape index (κ2) is 11.1. The molecule has 0 aliphatic rings. The molecule has 1 amide bonds. The number of para-hydroxylation sites is 1. The van der Waals surface area contributed by atoms with Crippen LogP contribution in [0.15, 0.2) is 95.4 Å². The van der Waals surface area contributed by atoms with Crippen LogP contribution in [0.1, 0.15) is 16.7 Å². The first-order valence-electron chi connectivity index (χ1n) is 9.98. The maximum absolute atomic E-state index is 12.7. The van der Waals surface area contributed by atoms with Crippen LogP contribution >= 0.6 is 0 Å². The summed E-state index contributed by atoms with van der Waals surface area (Å²) in [7, 11) is -3.77. The topological polar surface area (TPSA) is 109 Å². The standard InChI is InChI=1S/C24H24N4O4S/c1-18-12-14-22(15-13-18)33(30,31)28-23-11-7-6-10-21(23)16-25-26-24(29)17-32-27-19(2)20-8-4-3-5-9-20/h3-16,27-28H,2,17H2,1H3,(H,26,29). The van der Waals surface area contributed by atoms with Crippen molar-refractivity contribution in [1.82, 2.24) is 10.9 Å². The van der Waals surface area contributed by atoms with Crippen molar-refractivity contribution in [3.05, 3.63) is 102 Å². The first-order valence-corrected chi connectivity index (χ1v) is 11.5. The number of aryl methyl sites for hydroxylation is 1. The third kappa shape index (κ3) is 7.03. The molecule has 3 rings (SSSR count). The van der Waals surface area contributed by atoms with E-state index in [1.54, 1.807) is 36.4 Å². The smallest absolute Gasteiger partial charge is 0.268 e. The molecule has 3 aromatic carbocycles. The Labute approximate surface area is 193 Å². The van der Waals surface area contributed by atoms with Crippen molar-refractivity contribution in [2.24, 2.45) is 5.10 Å². The van der Waals surface area contributed by atoms with Gasteiger partial charge in [0, 0.05) is 5.56 Å². The van der Waals surface area contributed by atoms with Gasteiger partial charge >= 0.3 is 0 Å². The van der Waals surface area contributed by atoms with Gasteiger partial charge in [-0.05, 0) is 30.7 Å². The summed E-state index contributed by atoms with van der Waals surface area (Å²) in [5.74, 6) is -0.502. The molecular formula is C24H24N4O4S. The van der Waals surface area contributed by atoms with Crippen LogP contribution in [-0.4, -0.2) is 27.1 Å². The van der Waals surface area contributed by atoms with E-state index in [9.17, 15) is 13.2 Å². The molecule has 8 nitrogen and oxygen atoms in total. The van der Waals surface area contributed by atoms with Gasteiger partial charge in [-0.25, -0.2) is 13.8 Å². The van der Waals surface area contributed by atoms with Crippen LogP contribution in [0.25, 0.3) is 5.70 Å². The summed E-state index contributed by atoms with van der Waals surface area (Å²) in [5, 5.41) is 3.88. The summed E-state index contributed by atoms with van der Waals surface area (Å²) >= 11 is 0. The average Bonchev–Trinajstić information content (AvgIpc) is 2.81.